The van der Waals surface area contributed by atoms with E-state index in [1.807, 2.05) is 6.92 Å². The fourth-order valence-electron chi connectivity index (χ4n) is 2.57. The lowest BCUT2D eigenvalue weighted by molar-refractivity contribution is 0.252. The number of hydrogen-bond acceptors (Lipinski definition) is 5. The topological polar surface area (TPSA) is 44.3 Å². The Morgan fingerprint density at radius 1 is 1.37 bits per heavy atom. The van der Waals surface area contributed by atoms with Gasteiger partial charge in [0.15, 0.2) is 0 Å². The molecule has 5 heteroatoms. The van der Waals surface area contributed by atoms with Gasteiger partial charge in [-0.1, -0.05) is 0 Å². The number of aromatic nitrogens is 2. The molecule has 0 aliphatic carbocycles. The first kappa shape index (κ1) is 14.1. The summed E-state index contributed by atoms with van der Waals surface area (Å²) in [6.07, 6.45) is 2.40. The van der Waals surface area contributed by atoms with E-state index in [4.69, 9.17) is 0 Å². The predicted octanol–water partition coefficient (Wildman–Crippen LogP) is 1.75. The molecule has 0 saturated carbocycles. The highest BCUT2D eigenvalue weighted by molar-refractivity contribution is 5.49. The summed E-state index contributed by atoms with van der Waals surface area (Å²) in [5, 5.41) is 3.27. The molecule has 5 nitrogen and oxygen atoms in total. The van der Waals surface area contributed by atoms with Crippen LogP contribution in [-0.4, -0.2) is 54.6 Å². The zero-order valence-corrected chi connectivity index (χ0v) is 12.5. The number of hydrogen-bond donors (Lipinski definition) is 1. The molecular weight excluding hydrogens is 238 g/mol. The summed E-state index contributed by atoms with van der Waals surface area (Å²) >= 11 is 0. The van der Waals surface area contributed by atoms with E-state index >= 15 is 0 Å². The van der Waals surface area contributed by atoms with Crippen molar-refractivity contribution in [3.05, 3.63) is 11.9 Å². The Hall–Kier alpha value is -1.36. The first-order valence-electron chi connectivity index (χ1n) is 7.11. The summed E-state index contributed by atoms with van der Waals surface area (Å²) in [5.41, 5.74) is 0. The molecule has 2 rings (SSSR count). The molecule has 106 valence electrons. The standard InChI is InChI=1S/C14H25N5/c1-5-15-13-10-14(17-11(2)16-13)19(4)12-6-8-18(3)9-7-12/h10,12H,5-9H2,1-4H3,(H,15,16,17). The van der Waals surface area contributed by atoms with Gasteiger partial charge in [0.05, 0.1) is 0 Å². The molecule has 1 aromatic rings. The van der Waals surface area contributed by atoms with E-state index in [0.29, 0.717) is 6.04 Å². The second-order valence-corrected chi connectivity index (χ2v) is 5.33. The molecule has 0 amide bonds. The van der Waals surface area contributed by atoms with Crippen molar-refractivity contribution in [2.24, 2.45) is 0 Å². The average molecular weight is 263 g/mol. The lowest BCUT2D eigenvalue weighted by Crippen LogP contribution is -2.42. The van der Waals surface area contributed by atoms with E-state index in [9.17, 15) is 0 Å². The summed E-state index contributed by atoms with van der Waals surface area (Å²) < 4.78 is 0. The van der Waals surface area contributed by atoms with E-state index in [1.54, 1.807) is 0 Å². The molecule has 1 aliphatic heterocycles. The molecule has 1 fully saturated rings. The fourth-order valence-corrected chi connectivity index (χ4v) is 2.57. The molecular formula is C14H25N5. The van der Waals surface area contributed by atoms with Gasteiger partial charge in [-0.25, -0.2) is 9.97 Å². The minimum atomic E-state index is 0.583. The Kier molecular flexibility index (Phi) is 4.58. The highest BCUT2D eigenvalue weighted by atomic mass is 15.2. The Labute approximate surface area is 116 Å². The van der Waals surface area contributed by atoms with Gasteiger partial charge in [-0.3, -0.25) is 0 Å². The molecule has 19 heavy (non-hydrogen) atoms. The van der Waals surface area contributed by atoms with Crippen molar-refractivity contribution in [2.75, 3.05) is 43.9 Å². The second kappa shape index (κ2) is 6.19. The van der Waals surface area contributed by atoms with Gasteiger partial charge >= 0.3 is 0 Å². The molecule has 0 spiro atoms. The third-order valence-electron chi connectivity index (χ3n) is 3.78. The first-order valence-corrected chi connectivity index (χ1v) is 7.11. The predicted molar refractivity (Wildman–Crippen MR) is 79.9 cm³/mol. The van der Waals surface area contributed by atoms with Crippen molar-refractivity contribution in [2.45, 2.75) is 32.7 Å². The zero-order valence-electron chi connectivity index (χ0n) is 12.5. The molecule has 1 aromatic heterocycles. The number of anilines is 2. The van der Waals surface area contributed by atoms with Crippen LogP contribution in [0.3, 0.4) is 0 Å². The van der Waals surface area contributed by atoms with Crippen LogP contribution < -0.4 is 10.2 Å². The monoisotopic (exact) mass is 263 g/mol. The van der Waals surface area contributed by atoms with E-state index in [-0.39, 0.29) is 0 Å². The van der Waals surface area contributed by atoms with Crippen LogP contribution in [0.25, 0.3) is 0 Å². The summed E-state index contributed by atoms with van der Waals surface area (Å²) in [5.74, 6) is 2.77. The van der Waals surface area contributed by atoms with Crippen LogP contribution in [0.1, 0.15) is 25.6 Å². The average Bonchev–Trinajstić information content (AvgIpc) is 2.38. The van der Waals surface area contributed by atoms with Crippen molar-refractivity contribution in [3.8, 4) is 0 Å². The van der Waals surface area contributed by atoms with Gasteiger partial charge in [-0.2, -0.15) is 0 Å². The molecule has 0 aromatic carbocycles. The minimum absolute atomic E-state index is 0.583. The quantitative estimate of drug-likeness (QED) is 0.896. The van der Waals surface area contributed by atoms with Crippen LogP contribution in [0.2, 0.25) is 0 Å². The third-order valence-corrected chi connectivity index (χ3v) is 3.78. The minimum Gasteiger partial charge on any atom is -0.370 e. The van der Waals surface area contributed by atoms with Gasteiger partial charge in [0.25, 0.3) is 0 Å². The molecule has 1 saturated heterocycles. The Balaban J connectivity index is 2.11. The van der Waals surface area contributed by atoms with Gasteiger partial charge in [0, 0.05) is 25.7 Å². The van der Waals surface area contributed by atoms with Crippen LogP contribution in [-0.2, 0) is 0 Å². The normalized spacial score (nSPS) is 17.5. The highest BCUT2D eigenvalue weighted by Gasteiger charge is 2.22. The van der Waals surface area contributed by atoms with Crippen LogP contribution in [0, 0.1) is 6.92 Å². The van der Waals surface area contributed by atoms with Gasteiger partial charge in [-0.15, -0.1) is 0 Å². The summed E-state index contributed by atoms with van der Waals surface area (Å²) in [6, 6.07) is 2.63. The maximum atomic E-state index is 4.57. The molecule has 0 atom stereocenters. The SMILES string of the molecule is CCNc1cc(N(C)C2CCN(C)CC2)nc(C)n1. The maximum Gasteiger partial charge on any atom is 0.134 e. The Bertz CT molecular complexity index is 412. The molecule has 0 unspecified atom stereocenters. The zero-order chi connectivity index (χ0) is 13.8. The summed E-state index contributed by atoms with van der Waals surface area (Å²) in [6.45, 7) is 7.25. The molecule has 0 bridgehead atoms. The summed E-state index contributed by atoms with van der Waals surface area (Å²) in [7, 11) is 4.34. The second-order valence-electron chi connectivity index (χ2n) is 5.33. The first-order chi connectivity index (χ1) is 9.10. The number of nitrogens with one attached hydrogen (secondary N) is 1. The van der Waals surface area contributed by atoms with Crippen molar-refractivity contribution < 1.29 is 0 Å². The van der Waals surface area contributed by atoms with Gasteiger partial charge < -0.3 is 15.1 Å². The van der Waals surface area contributed by atoms with Crippen LogP contribution >= 0.6 is 0 Å². The van der Waals surface area contributed by atoms with Crippen LogP contribution in [0.4, 0.5) is 11.6 Å². The van der Waals surface area contributed by atoms with Crippen LogP contribution in [0.15, 0.2) is 6.07 Å². The van der Waals surface area contributed by atoms with Gasteiger partial charge in [0.2, 0.25) is 0 Å². The largest absolute Gasteiger partial charge is 0.370 e. The van der Waals surface area contributed by atoms with Crippen molar-refractivity contribution in [1.82, 2.24) is 14.9 Å². The molecule has 0 radical (unpaired) electrons. The van der Waals surface area contributed by atoms with Crippen LogP contribution in [0.5, 0.6) is 0 Å². The Morgan fingerprint density at radius 3 is 2.68 bits per heavy atom. The van der Waals surface area contributed by atoms with Gasteiger partial charge in [0.1, 0.15) is 17.5 Å². The molecule has 2 heterocycles. The summed E-state index contributed by atoms with van der Waals surface area (Å²) in [4.78, 5) is 13.7. The smallest absolute Gasteiger partial charge is 0.134 e. The van der Waals surface area contributed by atoms with Gasteiger partial charge in [-0.05, 0) is 46.8 Å². The number of aryl methyl sites for hydroxylation is 1. The molecule has 1 aliphatic rings. The van der Waals surface area contributed by atoms with Crippen molar-refractivity contribution >= 4 is 11.6 Å². The van der Waals surface area contributed by atoms with E-state index < -0.39 is 0 Å². The van der Waals surface area contributed by atoms with E-state index in [1.165, 1.54) is 25.9 Å². The molecule has 1 N–H and O–H groups in total. The third kappa shape index (κ3) is 3.56. The number of rotatable bonds is 4. The van der Waals surface area contributed by atoms with Crippen molar-refractivity contribution in [3.63, 3.8) is 0 Å². The highest BCUT2D eigenvalue weighted by Crippen LogP contribution is 2.21. The van der Waals surface area contributed by atoms with E-state index in [0.717, 1.165) is 24.0 Å². The number of piperidine rings is 1. The lowest BCUT2D eigenvalue weighted by Gasteiger charge is -2.35. The maximum absolute atomic E-state index is 4.57. The Morgan fingerprint density at radius 2 is 2.05 bits per heavy atom. The number of likely N-dealkylation sites (tertiary alicyclic amines) is 1. The number of nitrogens with zero attached hydrogens (tertiary/aromatic N) is 4. The van der Waals surface area contributed by atoms with Crippen molar-refractivity contribution in [1.29, 1.82) is 0 Å². The fraction of sp³-hybridized carbons (Fsp3) is 0.714. The lowest BCUT2D eigenvalue weighted by atomic mass is 10.0. The van der Waals surface area contributed by atoms with E-state index in [2.05, 4.69) is 52.2 Å².